The first-order valence-corrected chi connectivity index (χ1v) is 7.87. The number of amides is 1. The number of carbonyl (C=O) groups excluding carboxylic acids is 1. The van der Waals surface area contributed by atoms with E-state index >= 15 is 0 Å². The van der Waals surface area contributed by atoms with Gasteiger partial charge in [-0.3, -0.25) is 4.79 Å². The standard InChI is InChI=1S/C17H27N3O/c1-13-11-15(9-10-18-13)17(21)19-12-14(2)20(3)16-7-5-4-6-8-16/h4-8,13-15,18H,9-12H2,1-3H3,(H,19,21)/t13-,14?,15-/m0/s1. The van der Waals surface area contributed by atoms with Gasteiger partial charge in [-0.2, -0.15) is 0 Å². The van der Waals surface area contributed by atoms with Crippen molar-refractivity contribution in [3.8, 4) is 0 Å². The van der Waals surface area contributed by atoms with Gasteiger partial charge < -0.3 is 15.5 Å². The minimum Gasteiger partial charge on any atom is -0.370 e. The molecule has 1 heterocycles. The third-order valence-corrected chi connectivity index (χ3v) is 4.39. The first-order valence-electron chi connectivity index (χ1n) is 7.87. The molecule has 1 unspecified atom stereocenters. The monoisotopic (exact) mass is 289 g/mol. The van der Waals surface area contributed by atoms with Crippen LogP contribution in [0.2, 0.25) is 0 Å². The molecule has 0 saturated carbocycles. The molecular formula is C17H27N3O. The average Bonchev–Trinajstić information content (AvgIpc) is 2.52. The lowest BCUT2D eigenvalue weighted by Crippen LogP contribution is -2.46. The molecule has 0 aromatic heterocycles. The van der Waals surface area contributed by atoms with Crippen molar-refractivity contribution < 1.29 is 4.79 Å². The Hall–Kier alpha value is -1.55. The van der Waals surface area contributed by atoms with Gasteiger partial charge in [-0.25, -0.2) is 0 Å². The van der Waals surface area contributed by atoms with Crippen molar-refractivity contribution in [3.63, 3.8) is 0 Å². The summed E-state index contributed by atoms with van der Waals surface area (Å²) in [7, 11) is 2.07. The number of benzene rings is 1. The Labute approximate surface area is 127 Å². The summed E-state index contributed by atoms with van der Waals surface area (Å²) in [5.74, 6) is 0.368. The smallest absolute Gasteiger partial charge is 0.223 e. The maximum atomic E-state index is 12.2. The van der Waals surface area contributed by atoms with Crippen LogP contribution in [-0.2, 0) is 4.79 Å². The molecule has 0 bridgehead atoms. The van der Waals surface area contributed by atoms with Gasteiger partial charge >= 0.3 is 0 Å². The van der Waals surface area contributed by atoms with Crippen molar-refractivity contribution >= 4 is 11.6 Å². The Morgan fingerprint density at radius 3 is 2.81 bits per heavy atom. The van der Waals surface area contributed by atoms with Crippen LogP contribution in [0.15, 0.2) is 30.3 Å². The van der Waals surface area contributed by atoms with E-state index < -0.39 is 0 Å². The summed E-state index contributed by atoms with van der Waals surface area (Å²) in [5, 5.41) is 6.50. The predicted octanol–water partition coefficient (Wildman–Crippen LogP) is 2.02. The number of anilines is 1. The number of carbonyl (C=O) groups is 1. The summed E-state index contributed by atoms with van der Waals surface area (Å²) in [6.07, 6.45) is 1.88. The van der Waals surface area contributed by atoms with Crippen molar-refractivity contribution in [1.29, 1.82) is 0 Å². The fourth-order valence-corrected chi connectivity index (χ4v) is 2.82. The van der Waals surface area contributed by atoms with Gasteiger partial charge in [-0.15, -0.1) is 0 Å². The van der Waals surface area contributed by atoms with Gasteiger partial charge in [0, 0.05) is 37.3 Å². The molecule has 0 radical (unpaired) electrons. The van der Waals surface area contributed by atoms with Crippen LogP contribution < -0.4 is 15.5 Å². The molecular weight excluding hydrogens is 262 g/mol. The van der Waals surface area contributed by atoms with Gasteiger partial charge in [0.25, 0.3) is 0 Å². The molecule has 1 saturated heterocycles. The zero-order valence-corrected chi connectivity index (χ0v) is 13.3. The number of nitrogens with zero attached hydrogens (tertiary/aromatic N) is 1. The number of hydrogen-bond donors (Lipinski definition) is 2. The zero-order valence-electron chi connectivity index (χ0n) is 13.3. The first-order chi connectivity index (χ1) is 10.1. The van der Waals surface area contributed by atoms with E-state index in [1.165, 1.54) is 5.69 Å². The normalized spacial score (nSPS) is 23.4. The second kappa shape index (κ2) is 7.46. The summed E-state index contributed by atoms with van der Waals surface area (Å²) in [6.45, 7) is 5.91. The quantitative estimate of drug-likeness (QED) is 0.871. The molecule has 1 aliphatic rings. The highest BCUT2D eigenvalue weighted by Gasteiger charge is 2.24. The highest BCUT2D eigenvalue weighted by Crippen LogP contribution is 2.17. The lowest BCUT2D eigenvalue weighted by molar-refractivity contribution is -0.126. The largest absolute Gasteiger partial charge is 0.370 e. The maximum Gasteiger partial charge on any atom is 0.223 e. The Bertz CT molecular complexity index is 449. The van der Waals surface area contributed by atoms with Crippen molar-refractivity contribution in [3.05, 3.63) is 30.3 Å². The van der Waals surface area contributed by atoms with Gasteiger partial charge in [0.15, 0.2) is 0 Å². The molecule has 1 aromatic rings. The van der Waals surface area contributed by atoms with Gasteiger partial charge in [0.1, 0.15) is 0 Å². The topological polar surface area (TPSA) is 44.4 Å². The second-order valence-corrected chi connectivity index (χ2v) is 6.12. The SMILES string of the molecule is CC(CNC(=O)[C@H]1CCN[C@@H](C)C1)N(C)c1ccccc1. The molecule has 0 spiro atoms. The second-order valence-electron chi connectivity index (χ2n) is 6.12. The highest BCUT2D eigenvalue weighted by molar-refractivity contribution is 5.78. The fraction of sp³-hybridized carbons (Fsp3) is 0.588. The molecule has 2 rings (SSSR count). The maximum absolute atomic E-state index is 12.2. The number of nitrogens with one attached hydrogen (secondary N) is 2. The van der Waals surface area contributed by atoms with Gasteiger partial charge in [-0.1, -0.05) is 18.2 Å². The fourth-order valence-electron chi connectivity index (χ4n) is 2.82. The molecule has 4 heteroatoms. The highest BCUT2D eigenvalue weighted by atomic mass is 16.1. The zero-order chi connectivity index (χ0) is 15.2. The van der Waals surface area contributed by atoms with E-state index in [-0.39, 0.29) is 17.9 Å². The van der Waals surface area contributed by atoms with Crippen LogP contribution in [0.4, 0.5) is 5.69 Å². The summed E-state index contributed by atoms with van der Waals surface area (Å²) in [6, 6.07) is 11.0. The van der Waals surface area contributed by atoms with Gasteiger partial charge in [0.2, 0.25) is 5.91 Å². The lowest BCUT2D eigenvalue weighted by atomic mass is 9.92. The minimum atomic E-state index is 0.162. The molecule has 1 aliphatic heterocycles. The van der Waals surface area contributed by atoms with Crippen LogP contribution in [0, 0.1) is 5.92 Å². The molecule has 1 amide bonds. The predicted molar refractivity (Wildman–Crippen MR) is 87.5 cm³/mol. The number of likely N-dealkylation sites (N-methyl/N-ethyl adjacent to an activating group) is 1. The van der Waals surface area contributed by atoms with E-state index in [1.807, 2.05) is 18.2 Å². The Morgan fingerprint density at radius 1 is 1.43 bits per heavy atom. The molecule has 0 aliphatic carbocycles. The molecule has 2 N–H and O–H groups in total. The lowest BCUT2D eigenvalue weighted by Gasteiger charge is -2.30. The third-order valence-electron chi connectivity index (χ3n) is 4.39. The van der Waals surface area contributed by atoms with Crippen LogP contribution in [0.25, 0.3) is 0 Å². The summed E-state index contributed by atoms with van der Waals surface area (Å²) >= 11 is 0. The number of piperidine rings is 1. The van der Waals surface area contributed by atoms with Crippen LogP contribution >= 0.6 is 0 Å². The van der Waals surface area contributed by atoms with Crippen molar-refractivity contribution in [1.82, 2.24) is 10.6 Å². The van der Waals surface area contributed by atoms with Crippen molar-refractivity contribution in [2.24, 2.45) is 5.92 Å². The van der Waals surface area contributed by atoms with E-state index in [2.05, 4.69) is 48.6 Å². The summed E-state index contributed by atoms with van der Waals surface area (Å²) < 4.78 is 0. The Morgan fingerprint density at radius 2 is 2.14 bits per heavy atom. The minimum absolute atomic E-state index is 0.162. The summed E-state index contributed by atoms with van der Waals surface area (Å²) in [5.41, 5.74) is 1.18. The molecule has 4 nitrogen and oxygen atoms in total. The Kier molecular flexibility index (Phi) is 5.62. The third kappa shape index (κ3) is 4.46. The first kappa shape index (κ1) is 15.8. The van der Waals surface area contributed by atoms with Gasteiger partial charge in [-0.05, 0) is 45.4 Å². The van der Waals surface area contributed by atoms with E-state index in [4.69, 9.17) is 0 Å². The molecule has 1 fully saturated rings. The van der Waals surface area contributed by atoms with Gasteiger partial charge in [0.05, 0.1) is 0 Å². The number of para-hydroxylation sites is 1. The van der Waals surface area contributed by atoms with E-state index in [1.54, 1.807) is 0 Å². The molecule has 3 atom stereocenters. The number of rotatable bonds is 5. The van der Waals surface area contributed by atoms with Crippen LogP contribution in [-0.4, -0.2) is 38.1 Å². The molecule has 116 valence electrons. The van der Waals surface area contributed by atoms with E-state index in [0.29, 0.717) is 12.6 Å². The number of hydrogen-bond acceptors (Lipinski definition) is 3. The van der Waals surface area contributed by atoms with E-state index in [9.17, 15) is 4.79 Å². The van der Waals surface area contributed by atoms with Crippen LogP contribution in [0.3, 0.4) is 0 Å². The van der Waals surface area contributed by atoms with E-state index in [0.717, 1.165) is 19.4 Å². The Balaban J connectivity index is 1.80. The molecule has 1 aromatic carbocycles. The average molecular weight is 289 g/mol. The van der Waals surface area contributed by atoms with Crippen molar-refractivity contribution in [2.45, 2.75) is 38.8 Å². The summed E-state index contributed by atoms with van der Waals surface area (Å²) in [4.78, 5) is 14.4. The molecule has 21 heavy (non-hydrogen) atoms. The van der Waals surface area contributed by atoms with Crippen molar-refractivity contribution in [2.75, 3.05) is 25.0 Å². The van der Waals surface area contributed by atoms with Crippen LogP contribution in [0.5, 0.6) is 0 Å². The van der Waals surface area contributed by atoms with Crippen LogP contribution in [0.1, 0.15) is 26.7 Å².